The van der Waals surface area contributed by atoms with Gasteiger partial charge in [-0.15, -0.1) is 0 Å². The largest absolute Gasteiger partial charge is 0.481 e. The van der Waals surface area contributed by atoms with Gasteiger partial charge in [0.1, 0.15) is 122 Å². The summed E-state index contributed by atoms with van der Waals surface area (Å²) in [6.07, 6.45) is -48.5. The first-order chi connectivity index (χ1) is 37.8. The Morgan fingerprint density at radius 1 is 0.400 bits per heavy atom. The van der Waals surface area contributed by atoms with Gasteiger partial charge >= 0.3 is 5.97 Å². The number of hydrogen-bond acceptors (Lipinski definition) is 29. The van der Waals surface area contributed by atoms with Crippen LogP contribution in [-0.4, -0.2) is 302 Å². The molecule has 6 saturated heterocycles. The molecule has 17 N–H and O–H groups in total. The van der Waals surface area contributed by atoms with Gasteiger partial charge in [-0.1, -0.05) is 45.4 Å². The molecule has 80 heavy (non-hydrogen) atoms. The summed E-state index contributed by atoms with van der Waals surface area (Å²) in [7, 11) is 0. The monoisotopic (exact) mass is 1170 g/mol. The van der Waals surface area contributed by atoms with E-state index in [2.05, 4.69) is 0 Å². The molecule has 0 unspecified atom stereocenters. The lowest BCUT2D eigenvalue weighted by Gasteiger charge is -2.51. The van der Waals surface area contributed by atoms with E-state index in [1.165, 1.54) is 27.7 Å². The number of carboxylic acid groups (broad SMARTS) is 1. The van der Waals surface area contributed by atoms with E-state index in [9.17, 15) is 86.5 Å². The maximum absolute atomic E-state index is 12.4. The van der Waals surface area contributed by atoms with Crippen LogP contribution in [0.25, 0.3) is 0 Å². The van der Waals surface area contributed by atoms with Crippen molar-refractivity contribution in [1.82, 2.24) is 0 Å². The van der Waals surface area contributed by atoms with Gasteiger partial charge in [-0.2, -0.15) is 0 Å². The maximum Gasteiger partial charge on any atom is 0.305 e. The summed E-state index contributed by atoms with van der Waals surface area (Å²) in [6, 6.07) is 0. The maximum atomic E-state index is 12.4. The highest BCUT2D eigenvalue weighted by atomic mass is 16.8. The summed E-state index contributed by atoms with van der Waals surface area (Å²) in [4.78, 5) is 10.9. The third kappa shape index (κ3) is 16.2. The van der Waals surface area contributed by atoms with E-state index in [0.29, 0.717) is 38.5 Å². The molecule has 0 saturated carbocycles. The van der Waals surface area contributed by atoms with Gasteiger partial charge in [0.25, 0.3) is 0 Å². The molecule has 30 heteroatoms. The van der Waals surface area contributed by atoms with Crippen LogP contribution in [0.5, 0.6) is 0 Å². The number of aliphatic carboxylic acids is 1. The molecule has 0 aliphatic carbocycles. The zero-order valence-electron chi connectivity index (χ0n) is 45.4. The summed E-state index contributed by atoms with van der Waals surface area (Å²) < 4.78 is 72.6. The number of unbranched alkanes of at least 4 members (excludes halogenated alkanes) is 4. The molecule has 6 heterocycles. The third-order valence-corrected chi connectivity index (χ3v) is 15.7. The number of carboxylic acids is 1. The van der Waals surface area contributed by atoms with Crippen molar-refractivity contribution in [2.45, 2.75) is 295 Å². The fourth-order valence-electron chi connectivity index (χ4n) is 10.7. The standard InChI is InChI=1S/C50H88O30/c1-6-12-23(14-11-9-7-8-10-13-22(53)15-26(54)55)73-48-42(34(63)29(58)20(4)71-48)80-50-44(36(65)31(60)25(17-52)75-50)79-47-39(68)41(40(21(5)72-47)76-45-37(66)32(61)27(56)18(2)69-45)77-49-43(35(64)30(59)24(16-51)74-49)78-46-38(67)33(62)28(57)19(3)70-46/h18-25,27-53,56-68H,6-17H2,1-5H3,(H,54,55)/t18-,19-,20-,21+,22+,23+,24-,25-,27-,28-,29+,30-,31-,32+,33+,34+,35+,36+,37-,38-,39-,40+,41+,42-,43-,44-,45+,46+,47+,48+,49+,50+/m1/s1. The zero-order chi connectivity index (χ0) is 59.0. The quantitative estimate of drug-likeness (QED) is 0.0358. The van der Waals surface area contributed by atoms with Crippen LogP contribution in [0.4, 0.5) is 0 Å². The van der Waals surface area contributed by atoms with Crippen LogP contribution < -0.4 is 0 Å². The van der Waals surface area contributed by atoms with Crippen LogP contribution in [0.2, 0.25) is 0 Å². The molecule has 6 rings (SSSR count). The van der Waals surface area contributed by atoms with Gasteiger partial charge in [0, 0.05) is 0 Å². The third-order valence-electron chi connectivity index (χ3n) is 15.7. The van der Waals surface area contributed by atoms with Gasteiger partial charge in [0.05, 0.1) is 56.3 Å². The Morgan fingerprint density at radius 2 is 0.775 bits per heavy atom. The van der Waals surface area contributed by atoms with Gasteiger partial charge in [0.2, 0.25) is 0 Å². The summed E-state index contributed by atoms with van der Waals surface area (Å²) >= 11 is 0. The Labute approximate surface area is 462 Å². The van der Waals surface area contributed by atoms with Crippen LogP contribution in [0.3, 0.4) is 0 Å². The highest BCUT2D eigenvalue weighted by molar-refractivity contribution is 5.67. The van der Waals surface area contributed by atoms with E-state index >= 15 is 0 Å². The lowest BCUT2D eigenvalue weighted by molar-refractivity contribution is -0.414. The normalized spacial score (nSPS) is 47.4. The van der Waals surface area contributed by atoms with E-state index < -0.39 is 216 Å². The molecule has 0 spiro atoms. The second-order valence-corrected chi connectivity index (χ2v) is 21.8. The van der Waals surface area contributed by atoms with Crippen LogP contribution in [-0.2, 0) is 61.6 Å². The van der Waals surface area contributed by atoms with Crippen molar-refractivity contribution in [2.75, 3.05) is 13.2 Å². The molecule has 468 valence electrons. The minimum atomic E-state index is -2.21. The molecule has 0 aromatic carbocycles. The second kappa shape index (κ2) is 30.6. The Hall–Kier alpha value is -1.65. The molecule has 30 nitrogen and oxygen atoms in total. The summed E-state index contributed by atoms with van der Waals surface area (Å²) in [5, 5.41) is 184. The highest BCUT2D eigenvalue weighted by Gasteiger charge is 2.58. The van der Waals surface area contributed by atoms with E-state index in [0.717, 1.165) is 19.3 Å². The molecule has 0 bridgehead atoms. The summed E-state index contributed by atoms with van der Waals surface area (Å²) in [6.45, 7) is 5.62. The molecule has 0 amide bonds. The van der Waals surface area contributed by atoms with Crippen molar-refractivity contribution in [3.63, 3.8) is 0 Å². The molecule has 0 aromatic rings. The molecule has 6 aliphatic rings. The molecule has 6 aliphatic heterocycles. The number of carbonyl (C=O) groups is 1. The predicted octanol–water partition coefficient (Wildman–Crippen LogP) is -6.23. The highest BCUT2D eigenvalue weighted by Crippen LogP contribution is 2.39. The van der Waals surface area contributed by atoms with Gasteiger partial charge in [-0.3, -0.25) is 4.79 Å². The average Bonchev–Trinajstić information content (AvgIpc) is 3.41. The van der Waals surface area contributed by atoms with Gasteiger partial charge in [-0.25, -0.2) is 0 Å². The lowest BCUT2D eigenvalue weighted by atomic mass is 9.95. The first kappa shape index (κ1) is 67.5. The van der Waals surface area contributed by atoms with Crippen LogP contribution in [0.15, 0.2) is 0 Å². The first-order valence-corrected chi connectivity index (χ1v) is 27.7. The number of hydrogen-bond donors (Lipinski definition) is 17. The minimum Gasteiger partial charge on any atom is -0.481 e. The van der Waals surface area contributed by atoms with Crippen molar-refractivity contribution in [1.29, 1.82) is 0 Å². The number of aliphatic hydroxyl groups is 16. The molecule has 6 fully saturated rings. The first-order valence-electron chi connectivity index (χ1n) is 27.7. The Bertz CT molecular complexity index is 1830. The number of rotatable bonds is 26. The van der Waals surface area contributed by atoms with Crippen LogP contribution in [0.1, 0.15) is 98.8 Å². The number of ether oxygens (including phenoxy) is 12. The fraction of sp³-hybridized carbons (Fsp3) is 0.980. The Morgan fingerprint density at radius 3 is 1.25 bits per heavy atom. The van der Waals surface area contributed by atoms with Crippen molar-refractivity contribution in [3.8, 4) is 0 Å². The second-order valence-electron chi connectivity index (χ2n) is 21.8. The smallest absolute Gasteiger partial charge is 0.305 e. The molecular weight excluding hydrogens is 1080 g/mol. The van der Waals surface area contributed by atoms with Crippen LogP contribution in [0, 0.1) is 0 Å². The average molecular weight is 1170 g/mol. The SMILES string of the molecule is CCC[C@@H](CCCCCCC[C@H](O)CC(=O)O)O[C@@H]1O[C@H](C)[C@H](O)[C@H](O)[C@H]1O[C@@H]1O[C@H](CO)[C@@H](O)[C@H](O)[C@H]1O[C@@H]1O[C@@H](C)[C@H](O[C@@H]2O[C@H](C)[C@@H](O)[C@H](O)[C@H]2O)[C@@H](O[C@@H]2O[C@H](CO)[C@@H](O)[C@H](O)[C@H]2O[C@@H]2O[C@H](C)[C@@H](O)[C@H](O)[C@H]2O)[C@H]1O. The lowest BCUT2D eigenvalue weighted by Crippen LogP contribution is -2.69. The Balaban J connectivity index is 1.27. The molecular formula is C50H88O30. The van der Waals surface area contributed by atoms with E-state index in [4.69, 9.17) is 61.9 Å². The topological polar surface area (TPSA) is 472 Å². The van der Waals surface area contributed by atoms with Crippen molar-refractivity contribution >= 4 is 5.97 Å². The van der Waals surface area contributed by atoms with E-state index in [1.807, 2.05) is 6.92 Å². The summed E-state index contributed by atoms with van der Waals surface area (Å²) in [5.74, 6) is -1.08. The van der Waals surface area contributed by atoms with Crippen molar-refractivity contribution < 1.29 is 148 Å². The van der Waals surface area contributed by atoms with Gasteiger partial charge in [0.15, 0.2) is 37.7 Å². The van der Waals surface area contributed by atoms with Gasteiger partial charge < -0.3 is 144 Å². The van der Waals surface area contributed by atoms with E-state index in [1.54, 1.807) is 0 Å². The van der Waals surface area contributed by atoms with Crippen LogP contribution >= 0.6 is 0 Å². The van der Waals surface area contributed by atoms with Crippen molar-refractivity contribution in [3.05, 3.63) is 0 Å². The fourth-order valence-corrected chi connectivity index (χ4v) is 10.7. The predicted molar refractivity (Wildman–Crippen MR) is 262 cm³/mol. The minimum absolute atomic E-state index is 0.330. The number of aliphatic hydroxyl groups excluding tert-OH is 16. The zero-order valence-corrected chi connectivity index (χ0v) is 45.4. The van der Waals surface area contributed by atoms with E-state index in [-0.39, 0.29) is 6.42 Å². The summed E-state index contributed by atoms with van der Waals surface area (Å²) in [5.41, 5.74) is 0. The van der Waals surface area contributed by atoms with Crippen molar-refractivity contribution in [2.24, 2.45) is 0 Å². The molecule has 0 aromatic heterocycles. The van der Waals surface area contributed by atoms with Gasteiger partial charge in [-0.05, 0) is 47.0 Å². The molecule has 0 radical (unpaired) electrons. The Kier molecular flexibility index (Phi) is 25.8. The molecule has 32 atom stereocenters.